The number of benzene rings is 2. The Morgan fingerprint density at radius 3 is 2.41 bits per heavy atom. The van der Waals surface area contributed by atoms with Crippen LogP contribution in [0.2, 0.25) is 5.02 Å². The molecule has 0 radical (unpaired) electrons. The van der Waals surface area contributed by atoms with Crippen molar-refractivity contribution in [2.45, 2.75) is 26.3 Å². The molecule has 1 amide bonds. The Hall–Kier alpha value is -3.71. The van der Waals surface area contributed by atoms with E-state index in [2.05, 4.69) is 29.3 Å². The lowest BCUT2D eigenvalue weighted by Gasteiger charge is -2.10. The Morgan fingerprint density at radius 1 is 1.03 bits per heavy atom. The fraction of sp³-hybridized carbons (Fsp3) is 0.167. The molecule has 2 aromatic heterocycles. The number of rotatable bonds is 6. The van der Waals surface area contributed by atoms with Gasteiger partial charge in [0.1, 0.15) is 6.54 Å². The Kier molecular flexibility index (Phi) is 6.18. The molecule has 0 bridgehead atoms. The van der Waals surface area contributed by atoms with E-state index in [0.717, 1.165) is 5.56 Å². The Balaban J connectivity index is 1.50. The van der Waals surface area contributed by atoms with Crippen molar-refractivity contribution in [2.24, 2.45) is 0 Å². The maximum Gasteiger partial charge on any atom is 0.259 e. The van der Waals surface area contributed by atoms with Gasteiger partial charge in [-0.25, -0.2) is 0 Å². The molecular formula is C24H21ClN4O3. The average Bonchev–Trinajstić information content (AvgIpc) is 3.26. The summed E-state index contributed by atoms with van der Waals surface area (Å²) in [5, 5.41) is 7.41. The van der Waals surface area contributed by atoms with E-state index in [0.29, 0.717) is 28.0 Å². The lowest BCUT2D eigenvalue weighted by atomic mass is 10.0. The predicted molar refractivity (Wildman–Crippen MR) is 124 cm³/mol. The second-order valence-electron chi connectivity index (χ2n) is 7.64. The molecule has 1 N–H and O–H groups in total. The minimum Gasteiger partial charge on any atom is -0.334 e. The van der Waals surface area contributed by atoms with Crippen molar-refractivity contribution in [2.75, 3.05) is 5.32 Å². The van der Waals surface area contributed by atoms with Crippen LogP contribution in [0.3, 0.4) is 0 Å². The molecule has 0 aliphatic heterocycles. The number of amides is 1. The van der Waals surface area contributed by atoms with Crippen LogP contribution in [0, 0.1) is 0 Å². The zero-order valence-corrected chi connectivity index (χ0v) is 18.3. The number of carbonyl (C=O) groups excluding carboxylic acids is 1. The van der Waals surface area contributed by atoms with Crippen molar-refractivity contribution in [3.8, 4) is 22.8 Å². The van der Waals surface area contributed by atoms with Crippen molar-refractivity contribution in [3.63, 3.8) is 0 Å². The van der Waals surface area contributed by atoms with Crippen molar-refractivity contribution in [3.05, 3.63) is 87.8 Å². The van der Waals surface area contributed by atoms with Crippen LogP contribution in [-0.2, 0) is 11.3 Å². The van der Waals surface area contributed by atoms with Gasteiger partial charge in [0.15, 0.2) is 0 Å². The van der Waals surface area contributed by atoms with Gasteiger partial charge in [0, 0.05) is 28.5 Å². The fourth-order valence-electron chi connectivity index (χ4n) is 3.14. The van der Waals surface area contributed by atoms with Gasteiger partial charge in [-0.2, -0.15) is 4.98 Å². The normalized spacial score (nSPS) is 11.0. The van der Waals surface area contributed by atoms with Crippen LogP contribution >= 0.6 is 11.6 Å². The summed E-state index contributed by atoms with van der Waals surface area (Å²) in [5.74, 6) is 0.741. The molecule has 0 unspecified atom stereocenters. The Bertz CT molecular complexity index is 1290. The maximum absolute atomic E-state index is 12.5. The second-order valence-corrected chi connectivity index (χ2v) is 8.08. The van der Waals surface area contributed by atoms with Gasteiger partial charge in [-0.1, -0.05) is 42.7 Å². The van der Waals surface area contributed by atoms with E-state index >= 15 is 0 Å². The number of carbonyl (C=O) groups is 1. The van der Waals surface area contributed by atoms with Gasteiger partial charge in [-0.3, -0.25) is 9.59 Å². The van der Waals surface area contributed by atoms with E-state index in [9.17, 15) is 9.59 Å². The highest BCUT2D eigenvalue weighted by Gasteiger charge is 2.13. The summed E-state index contributed by atoms with van der Waals surface area (Å²) in [6.07, 6.45) is 1.53. The average molecular weight is 449 g/mol. The second kappa shape index (κ2) is 9.20. The first kappa shape index (κ1) is 21.5. The third kappa shape index (κ3) is 4.95. The van der Waals surface area contributed by atoms with Crippen LogP contribution in [0.25, 0.3) is 22.8 Å². The lowest BCUT2D eigenvalue weighted by molar-refractivity contribution is -0.116. The molecule has 0 saturated carbocycles. The first-order chi connectivity index (χ1) is 15.4. The number of nitrogens with one attached hydrogen (secondary N) is 1. The van der Waals surface area contributed by atoms with E-state index < -0.39 is 0 Å². The van der Waals surface area contributed by atoms with Crippen LogP contribution in [0.15, 0.2) is 76.2 Å². The molecule has 7 nitrogen and oxygen atoms in total. The Morgan fingerprint density at radius 2 is 1.72 bits per heavy atom. The van der Waals surface area contributed by atoms with Crippen molar-refractivity contribution >= 4 is 23.2 Å². The lowest BCUT2D eigenvalue weighted by Crippen LogP contribution is -2.26. The molecule has 0 saturated heterocycles. The first-order valence-electron chi connectivity index (χ1n) is 10.1. The van der Waals surface area contributed by atoms with Gasteiger partial charge >= 0.3 is 0 Å². The zero-order chi connectivity index (χ0) is 22.7. The number of aromatic nitrogens is 3. The van der Waals surface area contributed by atoms with Crippen molar-refractivity contribution < 1.29 is 9.32 Å². The number of hydrogen-bond donors (Lipinski definition) is 1. The van der Waals surface area contributed by atoms with Crippen LogP contribution in [0.5, 0.6) is 0 Å². The van der Waals surface area contributed by atoms with Crippen LogP contribution in [0.4, 0.5) is 5.69 Å². The molecule has 162 valence electrons. The highest BCUT2D eigenvalue weighted by molar-refractivity contribution is 6.30. The third-order valence-electron chi connectivity index (χ3n) is 4.93. The number of halogens is 1. The Labute approximate surface area is 189 Å². The van der Waals surface area contributed by atoms with Crippen molar-refractivity contribution in [1.82, 2.24) is 14.7 Å². The summed E-state index contributed by atoms with van der Waals surface area (Å²) in [4.78, 5) is 29.1. The standard InChI is InChI=1S/C24H21ClN4O3/c1-15(2)16-5-10-20(11-6-16)26-21(30)14-29-13-18(7-12-22(29)31)24-27-23(28-32-24)17-3-8-19(25)9-4-17/h3-13,15H,14H2,1-2H3,(H,26,30). The smallest absolute Gasteiger partial charge is 0.259 e. The molecule has 0 fully saturated rings. The number of pyridine rings is 1. The van der Waals surface area contributed by atoms with Crippen molar-refractivity contribution in [1.29, 1.82) is 0 Å². The summed E-state index contributed by atoms with van der Waals surface area (Å²) in [6, 6.07) is 17.6. The molecule has 0 aliphatic rings. The van der Waals surface area contributed by atoms with E-state index in [1.807, 2.05) is 24.3 Å². The van der Waals surface area contributed by atoms with Gasteiger partial charge in [0.05, 0.1) is 5.56 Å². The molecule has 0 aliphatic carbocycles. The largest absolute Gasteiger partial charge is 0.334 e. The maximum atomic E-state index is 12.5. The molecule has 32 heavy (non-hydrogen) atoms. The SMILES string of the molecule is CC(C)c1ccc(NC(=O)Cn2cc(-c3nc(-c4ccc(Cl)cc4)no3)ccc2=O)cc1. The molecule has 0 atom stereocenters. The summed E-state index contributed by atoms with van der Waals surface area (Å²) in [7, 11) is 0. The molecule has 8 heteroatoms. The predicted octanol–water partition coefficient (Wildman–Crippen LogP) is 4.98. The highest BCUT2D eigenvalue weighted by Crippen LogP contribution is 2.23. The topological polar surface area (TPSA) is 90.0 Å². The molecule has 4 rings (SSSR count). The summed E-state index contributed by atoms with van der Waals surface area (Å²) in [5.41, 5.74) is 2.83. The van der Waals surface area contributed by atoms with Gasteiger partial charge in [-0.05, 0) is 53.9 Å². The minimum atomic E-state index is -0.311. The third-order valence-corrected chi connectivity index (χ3v) is 5.19. The van der Waals surface area contributed by atoms with E-state index in [1.54, 1.807) is 30.3 Å². The van der Waals surface area contributed by atoms with E-state index in [1.165, 1.54) is 22.4 Å². The number of nitrogens with zero attached hydrogens (tertiary/aromatic N) is 3. The van der Waals surface area contributed by atoms with Crippen LogP contribution in [0.1, 0.15) is 25.3 Å². The molecule has 2 aromatic carbocycles. The van der Waals surface area contributed by atoms with Crippen LogP contribution in [-0.4, -0.2) is 20.6 Å². The summed E-state index contributed by atoms with van der Waals surface area (Å²) >= 11 is 5.92. The zero-order valence-electron chi connectivity index (χ0n) is 17.6. The molecule has 0 spiro atoms. The summed E-state index contributed by atoms with van der Waals surface area (Å²) < 4.78 is 6.66. The monoisotopic (exact) mass is 448 g/mol. The van der Waals surface area contributed by atoms with Gasteiger partial charge in [-0.15, -0.1) is 0 Å². The van der Waals surface area contributed by atoms with Gasteiger partial charge in [0.25, 0.3) is 11.4 Å². The quantitative estimate of drug-likeness (QED) is 0.449. The highest BCUT2D eigenvalue weighted by atomic mass is 35.5. The van der Waals surface area contributed by atoms with Gasteiger partial charge < -0.3 is 14.4 Å². The van der Waals surface area contributed by atoms with E-state index in [-0.39, 0.29) is 23.9 Å². The van der Waals surface area contributed by atoms with Gasteiger partial charge in [0.2, 0.25) is 11.7 Å². The first-order valence-corrected chi connectivity index (χ1v) is 10.5. The molecule has 2 heterocycles. The number of hydrogen-bond acceptors (Lipinski definition) is 5. The molecule has 4 aromatic rings. The van der Waals surface area contributed by atoms with Crippen LogP contribution < -0.4 is 10.9 Å². The fourth-order valence-corrected chi connectivity index (χ4v) is 3.27. The van der Waals surface area contributed by atoms with E-state index in [4.69, 9.17) is 16.1 Å². The summed E-state index contributed by atoms with van der Waals surface area (Å²) in [6.45, 7) is 4.07. The minimum absolute atomic E-state index is 0.142. The molecular weight excluding hydrogens is 428 g/mol. The number of anilines is 1.